The minimum Gasteiger partial charge on any atom is -0.399 e. The Morgan fingerprint density at radius 2 is 2.28 bits per heavy atom. The van der Waals surface area contributed by atoms with Crippen LogP contribution in [0.15, 0.2) is 24.3 Å². The molecule has 0 aliphatic carbocycles. The van der Waals surface area contributed by atoms with E-state index in [4.69, 9.17) is 5.73 Å². The van der Waals surface area contributed by atoms with Crippen LogP contribution in [0.3, 0.4) is 0 Å². The molecule has 2 N–H and O–H groups in total. The van der Waals surface area contributed by atoms with Crippen LogP contribution < -0.4 is 5.73 Å². The molecule has 1 heterocycles. The van der Waals surface area contributed by atoms with E-state index in [-0.39, 0.29) is 5.91 Å². The maximum atomic E-state index is 12.1. The van der Waals surface area contributed by atoms with E-state index in [0.29, 0.717) is 22.8 Å². The van der Waals surface area contributed by atoms with Crippen molar-refractivity contribution in [1.82, 2.24) is 14.5 Å². The van der Waals surface area contributed by atoms with E-state index in [1.54, 1.807) is 18.9 Å². The van der Waals surface area contributed by atoms with Crippen molar-refractivity contribution in [3.8, 4) is 0 Å². The molecule has 2 aromatic rings. The molecule has 0 atom stereocenters. The number of hydrogen-bond donors (Lipinski definition) is 1. The fourth-order valence-corrected chi connectivity index (χ4v) is 2.29. The lowest BCUT2D eigenvalue weighted by Crippen LogP contribution is -2.26. The topological polar surface area (TPSA) is 72.1 Å². The summed E-state index contributed by atoms with van der Waals surface area (Å²) in [5.41, 5.74) is 8.08. The van der Waals surface area contributed by atoms with E-state index in [2.05, 4.69) is 9.59 Å². The first kappa shape index (κ1) is 12.5. The van der Waals surface area contributed by atoms with Crippen molar-refractivity contribution in [3.63, 3.8) is 0 Å². The van der Waals surface area contributed by atoms with Gasteiger partial charge in [-0.25, -0.2) is 0 Å². The number of rotatable bonds is 3. The summed E-state index contributed by atoms with van der Waals surface area (Å²) in [6.07, 6.45) is 0. The molecule has 0 saturated heterocycles. The molecule has 94 valence electrons. The maximum absolute atomic E-state index is 12.1. The van der Waals surface area contributed by atoms with E-state index in [1.807, 2.05) is 24.3 Å². The Morgan fingerprint density at radius 3 is 2.89 bits per heavy atom. The van der Waals surface area contributed by atoms with Gasteiger partial charge >= 0.3 is 0 Å². The van der Waals surface area contributed by atoms with Crippen molar-refractivity contribution in [2.75, 3.05) is 12.8 Å². The number of aryl methyl sites for hydroxylation is 1. The summed E-state index contributed by atoms with van der Waals surface area (Å²) in [6.45, 7) is 2.30. The van der Waals surface area contributed by atoms with Crippen LogP contribution in [0.25, 0.3) is 0 Å². The molecular weight excluding hydrogens is 248 g/mol. The Morgan fingerprint density at radius 1 is 1.50 bits per heavy atom. The molecule has 0 saturated carbocycles. The van der Waals surface area contributed by atoms with Crippen LogP contribution in [0.1, 0.15) is 20.9 Å². The number of carbonyl (C=O) groups is 1. The Kier molecular flexibility index (Phi) is 3.57. The SMILES string of the molecule is Cc1nnsc1C(=O)N(C)Cc1cccc(N)c1. The summed E-state index contributed by atoms with van der Waals surface area (Å²) < 4.78 is 3.77. The molecule has 1 aromatic carbocycles. The van der Waals surface area contributed by atoms with Crippen LogP contribution in [0.2, 0.25) is 0 Å². The smallest absolute Gasteiger partial charge is 0.267 e. The fraction of sp³-hybridized carbons (Fsp3) is 0.250. The first-order valence-electron chi connectivity index (χ1n) is 5.47. The fourth-order valence-electron chi connectivity index (χ4n) is 1.64. The van der Waals surface area contributed by atoms with E-state index < -0.39 is 0 Å². The zero-order chi connectivity index (χ0) is 13.1. The zero-order valence-corrected chi connectivity index (χ0v) is 11.1. The summed E-state index contributed by atoms with van der Waals surface area (Å²) in [4.78, 5) is 14.4. The second kappa shape index (κ2) is 5.14. The first-order chi connectivity index (χ1) is 8.58. The number of nitrogens with two attached hydrogens (primary N) is 1. The van der Waals surface area contributed by atoms with E-state index >= 15 is 0 Å². The summed E-state index contributed by atoms with van der Waals surface area (Å²) in [5.74, 6) is -0.0649. The summed E-state index contributed by atoms with van der Waals surface area (Å²) >= 11 is 1.12. The summed E-state index contributed by atoms with van der Waals surface area (Å²) in [6, 6.07) is 7.50. The molecule has 5 nitrogen and oxygen atoms in total. The normalized spacial score (nSPS) is 10.3. The molecule has 18 heavy (non-hydrogen) atoms. The quantitative estimate of drug-likeness (QED) is 0.855. The van der Waals surface area contributed by atoms with Gasteiger partial charge in [-0.1, -0.05) is 16.6 Å². The third-order valence-corrected chi connectivity index (χ3v) is 3.38. The minimum atomic E-state index is -0.0649. The number of carbonyl (C=O) groups excluding carboxylic acids is 1. The Bertz CT molecular complexity index is 567. The van der Waals surface area contributed by atoms with Gasteiger partial charge in [0.15, 0.2) is 0 Å². The van der Waals surface area contributed by atoms with Gasteiger partial charge in [0.1, 0.15) is 4.88 Å². The highest BCUT2D eigenvalue weighted by atomic mass is 32.1. The lowest BCUT2D eigenvalue weighted by atomic mass is 10.2. The van der Waals surface area contributed by atoms with E-state index in [1.165, 1.54) is 0 Å². The van der Waals surface area contributed by atoms with Gasteiger partial charge in [0.2, 0.25) is 0 Å². The van der Waals surface area contributed by atoms with Crippen molar-refractivity contribution >= 4 is 23.1 Å². The van der Waals surface area contributed by atoms with Crippen molar-refractivity contribution < 1.29 is 4.79 Å². The molecule has 0 radical (unpaired) electrons. The molecular formula is C12H14N4OS. The monoisotopic (exact) mass is 262 g/mol. The number of anilines is 1. The molecule has 0 unspecified atom stereocenters. The largest absolute Gasteiger partial charge is 0.399 e. The van der Waals surface area contributed by atoms with Crippen LogP contribution in [0.5, 0.6) is 0 Å². The molecule has 0 spiro atoms. The van der Waals surface area contributed by atoms with Crippen molar-refractivity contribution in [3.05, 3.63) is 40.4 Å². The molecule has 0 aliphatic heterocycles. The lowest BCUT2D eigenvalue weighted by Gasteiger charge is -2.16. The number of aromatic nitrogens is 2. The van der Waals surface area contributed by atoms with Crippen LogP contribution in [-0.2, 0) is 6.54 Å². The highest BCUT2D eigenvalue weighted by molar-refractivity contribution is 7.07. The van der Waals surface area contributed by atoms with Gasteiger partial charge in [-0.3, -0.25) is 4.79 Å². The average molecular weight is 262 g/mol. The van der Waals surface area contributed by atoms with Gasteiger partial charge in [-0.2, -0.15) is 0 Å². The Labute approximate surface area is 109 Å². The highest BCUT2D eigenvalue weighted by Gasteiger charge is 2.17. The van der Waals surface area contributed by atoms with Gasteiger partial charge in [0.05, 0.1) is 5.69 Å². The van der Waals surface area contributed by atoms with Crippen LogP contribution >= 0.6 is 11.5 Å². The van der Waals surface area contributed by atoms with Crippen molar-refractivity contribution in [2.24, 2.45) is 0 Å². The molecule has 1 aromatic heterocycles. The van der Waals surface area contributed by atoms with Crippen LogP contribution in [0.4, 0.5) is 5.69 Å². The Hall–Kier alpha value is -1.95. The standard InChI is InChI=1S/C12H14N4OS/c1-8-11(18-15-14-8)12(17)16(2)7-9-4-3-5-10(13)6-9/h3-6H,7,13H2,1-2H3. The van der Waals surface area contributed by atoms with Gasteiger partial charge in [0.25, 0.3) is 5.91 Å². The summed E-state index contributed by atoms with van der Waals surface area (Å²) in [7, 11) is 1.75. The second-order valence-corrected chi connectivity index (χ2v) is 4.85. The number of nitrogens with zero attached hydrogens (tertiary/aromatic N) is 3. The van der Waals surface area contributed by atoms with E-state index in [0.717, 1.165) is 17.1 Å². The predicted octanol–water partition coefficient (Wildman–Crippen LogP) is 1.70. The highest BCUT2D eigenvalue weighted by Crippen LogP contribution is 2.14. The van der Waals surface area contributed by atoms with Crippen molar-refractivity contribution in [1.29, 1.82) is 0 Å². The number of hydrogen-bond acceptors (Lipinski definition) is 5. The second-order valence-electron chi connectivity index (χ2n) is 4.09. The van der Waals surface area contributed by atoms with Crippen LogP contribution in [-0.4, -0.2) is 27.4 Å². The number of amides is 1. The molecule has 0 aliphatic rings. The molecule has 2 rings (SSSR count). The third kappa shape index (κ3) is 2.65. The third-order valence-electron chi connectivity index (χ3n) is 2.56. The molecule has 1 amide bonds. The van der Waals surface area contributed by atoms with E-state index in [9.17, 15) is 4.79 Å². The van der Waals surface area contributed by atoms with Crippen LogP contribution in [0, 0.1) is 6.92 Å². The minimum absolute atomic E-state index is 0.0649. The number of benzene rings is 1. The molecule has 0 fully saturated rings. The predicted molar refractivity (Wildman–Crippen MR) is 71.3 cm³/mol. The van der Waals surface area contributed by atoms with Gasteiger partial charge in [-0.15, -0.1) is 5.10 Å². The Balaban J connectivity index is 2.11. The summed E-state index contributed by atoms with van der Waals surface area (Å²) in [5, 5.41) is 3.84. The van der Waals surface area contributed by atoms with Gasteiger partial charge < -0.3 is 10.6 Å². The van der Waals surface area contributed by atoms with Gasteiger partial charge in [0, 0.05) is 19.3 Å². The first-order valence-corrected chi connectivity index (χ1v) is 6.24. The lowest BCUT2D eigenvalue weighted by molar-refractivity contribution is 0.0789. The van der Waals surface area contributed by atoms with Gasteiger partial charge in [-0.05, 0) is 36.2 Å². The molecule has 0 bridgehead atoms. The van der Waals surface area contributed by atoms with Crippen molar-refractivity contribution in [2.45, 2.75) is 13.5 Å². The number of nitrogen functional groups attached to an aromatic ring is 1. The zero-order valence-electron chi connectivity index (χ0n) is 10.3. The maximum Gasteiger partial charge on any atom is 0.267 e. The average Bonchev–Trinajstić information content (AvgIpc) is 2.74. The molecule has 6 heteroatoms.